The highest BCUT2D eigenvalue weighted by Crippen LogP contribution is 2.28. The third-order valence-electron chi connectivity index (χ3n) is 5.17. The summed E-state index contributed by atoms with van der Waals surface area (Å²) in [5.74, 6) is 1.39. The molecule has 1 N–H and O–H groups in total. The molecule has 1 atom stereocenters. The first-order chi connectivity index (χ1) is 15.2. The van der Waals surface area contributed by atoms with Gasteiger partial charge in [0.2, 0.25) is 11.8 Å². The summed E-state index contributed by atoms with van der Waals surface area (Å²) in [5.41, 5.74) is 1.93. The molecule has 2 rings (SSSR count). The molecule has 174 valence electrons. The van der Waals surface area contributed by atoms with Crippen molar-refractivity contribution in [2.45, 2.75) is 46.2 Å². The van der Waals surface area contributed by atoms with Crippen molar-refractivity contribution in [2.24, 2.45) is 5.92 Å². The van der Waals surface area contributed by atoms with E-state index in [9.17, 15) is 9.59 Å². The van der Waals surface area contributed by atoms with E-state index in [0.717, 1.165) is 15.6 Å². The topological polar surface area (TPSA) is 67.9 Å². The van der Waals surface area contributed by atoms with Gasteiger partial charge in [-0.2, -0.15) is 0 Å². The van der Waals surface area contributed by atoms with Crippen molar-refractivity contribution in [2.75, 3.05) is 20.8 Å². The van der Waals surface area contributed by atoms with Gasteiger partial charge in [-0.3, -0.25) is 9.59 Å². The molecule has 2 aromatic rings. The number of hydrogen-bond donors (Lipinski definition) is 1. The van der Waals surface area contributed by atoms with Crippen molar-refractivity contribution in [1.29, 1.82) is 0 Å². The molecule has 6 nitrogen and oxygen atoms in total. The summed E-state index contributed by atoms with van der Waals surface area (Å²) in [6.45, 7) is 6.80. The van der Waals surface area contributed by atoms with E-state index in [4.69, 9.17) is 9.47 Å². The molecule has 0 aliphatic carbocycles. The third-order valence-corrected chi connectivity index (χ3v) is 5.66. The van der Waals surface area contributed by atoms with Crippen molar-refractivity contribution in [3.8, 4) is 11.5 Å². The fraction of sp³-hybridized carbons (Fsp3) is 0.440. The monoisotopic (exact) mass is 504 g/mol. The lowest BCUT2D eigenvalue weighted by molar-refractivity contribution is -0.140. The first-order valence-electron chi connectivity index (χ1n) is 10.8. The fourth-order valence-corrected chi connectivity index (χ4v) is 3.74. The van der Waals surface area contributed by atoms with E-state index in [-0.39, 0.29) is 18.2 Å². The number of rotatable bonds is 11. The van der Waals surface area contributed by atoms with E-state index in [1.165, 1.54) is 0 Å². The normalized spacial score (nSPS) is 11.7. The Hall–Kier alpha value is -2.54. The van der Waals surface area contributed by atoms with Crippen molar-refractivity contribution in [1.82, 2.24) is 10.2 Å². The van der Waals surface area contributed by atoms with Gasteiger partial charge >= 0.3 is 0 Å². The largest absolute Gasteiger partial charge is 0.493 e. The van der Waals surface area contributed by atoms with Crippen molar-refractivity contribution >= 4 is 27.7 Å². The molecule has 0 aromatic heterocycles. The second kappa shape index (κ2) is 12.5. The maximum absolute atomic E-state index is 13.2. The maximum atomic E-state index is 13.2. The molecule has 0 fully saturated rings. The minimum absolute atomic E-state index is 0.0769. The second-order valence-electron chi connectivity index (χ2n) is 8.16. The van der Waals surface area contributed by atoms with Crippen molar-refractivity contribution < 1.29 is 19.1 Å². The average Bonchev–Trinajstić information content (AvgIpc) is 2.78. The Balaban J connectivity index is 2.16. The van der Waals surface area contributed by atoms with E-state index in [2.05, 4.69) is 21.2 Å². The van der Waals surface area contributed by atoms with Crippen LogP contribution in [0.1, 0.15) is 38.3 Å². The Labute approximate surface area is 199 Å². The summed E-state index contributed by atoms with van der Waals surface area (Å²) in [4.78, 5) is 27.6. The highest BCUT2D eigenvalue weighted by Gasteiger charge is 2.26. The Bertz CT molecular complexity index is 917. The molecule has 0 bridgehead atoms. The van der Waals surface area contributed by atoms with Crippen LogP contribution in [-0.2, 0) is 22.6 Å². The van der Waals surface area contributed by atoms with Crippen LogP contribution in [0.5, 0.6) is 11.5 Å². The van der Waals surface area contributed by atoms with Crippen LogP contribution >= 0.6 is 15.9 Å². The summed E-state index contributed by atoms with van der Waals surface area (Å²) < 4.78 is 11.6. The van der Waals surface area contributed by atoms with Gasteiger partial charge in [0.15, 0.2) is 11.5 Å². The number of nitrogens with one attached hydrogen (secondary N) is 1. The minimum Gasteiger partial charge on any atom is -0.493 e. The number of benzene rings is 2. The Morgan fingerprint density at radius 2 is 1.72 bits per heavy atom. The smallest absolute Gasteiger partial charge is 0.242 e. The van der Waals surface area contributed by atoms with Gasteiger partial charge < -0.3 is 19.7 Å². The standard InChI is InChI=1S/C25H33BrN2O4/c1-17(2)15-27-25(30)18(3)28(16-20-7-6-8-21(26)13-20)24(29)12-10-19-9-11-22(31-4)23(14-19)32-5/h6-9,11,13-14,17-18H,10,12,15-16H2,1-5H3,(H,27,30)/t18-/m0/s1. The van der Waals surface area contributed by atoms with Gasteiger partial charge in [-0.15, -0.1) is 0 Å². The molecule has 0 aliphatic rings. The molecule has 0 saturated carbocycles. The lowest BCUT2D eigenvalue weighted by Crippen LogP contribution is -2.48. The van der Waals surface area contributed by atoms with Crippen LogP contribution in [0.3, 0.4) is 0 Å². The summed E-state index contributed by atoms with van der Waals surface area (Å²) in [5, 5.41) is 2.94. The predicted octanol–water partition coefficient (Wildman–Crippen LogP) is 4.59. The van der Waals surface area contributed by atoms with Gasteiger partial charge in [0.25, 0.3) is 0 Å². The quantitative estimate of drug-likeness (QED) is 0.485. The molecule has 0 spiro atoms. The Morgan fingerprint density at radius 1 is 1.00 bits per heavy atom. The molecule has 32 heavy (non-hydrogen) atoms. The fourth-order valence-electron chi connectivity index (χ4n) is 3.30. The lowest BCUT2D eigenvalue weighted by Gasteiger charge is -2.29. The molecule has 2 aromatic carbocycles. The zero-order chi connectivity index (χ0) is 23.7. The van der Waals surface area contributed by atoms with Crippen LogP contribution in [0.2, 0.25) is 0 Å². The molecule has 0 heterocycles. The van der Waals surface area contributed by atoms with Gasteiger partial charge in [0.05, 0.1) is 14.2 Å². The highest BCUT2D eigenvalue weighted by atomic mass is 79.9. The van der Waals surface area contributed by atoms with Crippen molar-refractivity contribution in [3.05, 3.63) is 58.1 Å². The number of amides is 2. The first kappa shape index (κ1) is 25.7. The number of methoxy groups -OCH3 is 2. The number of ether oxygens (including phenoxy) is 2. The molecular weight excluding hydrogens is 472 g/mol. The number of carbonyl (C=O) groups excluding carboxylic acids is 2. The van der Waals surface area contributed by atoms with Crippen LogP contribution in [0.15, 0.2) is 46.9 Å². The Kier molecular flexibility index (Phi) is 10.0. The number of hydrogen-bond acceptors (Lipinski definition) is 4. The molecule has 0 radical (unpaired) electrons. The first-order valence-corrected chi connectivity index (χ1v) is 11.6. The summed E-state index contributed by atoms with van der Waals surface area (Å²) in [6, 6.07) is 12.8. The van der Waals surface area contributed by atoms with Crippen molar-refractivity contribution in [3.63, 3.8) is 0 Å². The second-order valence-corrected chi connectivity index (χ2v) is 9.07. The maximum Gasteiger partial charge on any atom is 0.242 e. The van der Waals surface area contributed by atoms with Crippen LogP contribution < -0.4 is 14.8 Å². The zero-order valence-corrected chi connectivity index (χ0v) is 21.1. The van der Waals surface area contributed by atoms with Gasteiger partial charge in [-0.1, -0.05) is 48.0 Å². The highest BCUT2D eigenvalue weighted by molar-refractivity contribution is 9.10. The average molecular weight is 505 g/mol. The van der Waals surface area contributed by atoms with Gasteiger partial charge in [-0.05, 0) is 54.7 Å². The van der Waals surface area contributed by atoms with Gasteiger partial charge in [-0.25, -0.2) is 0 Å². The Morgan fingerprint density at radius 3 is 2.34 bits per heavy atom. The number of aryl methyl sites for hydroxylation is 1. The number of carbonyl (C=O) groups is 2. The van der Waals surface area contributed by atoms with Gasteiger partial charge in [0, 0.05) is 24.0 Å². The molecule has 7 heteroatoms. The molecule has 0 saturated heterocycles. The van der Waals surface area contributed by atoms with Crippen LogP contribution in [0, 0.1) is 5.92 Å². The molecule has 0 aliphatic heterocycles. The minimum atomic E-state index is -0.578. The lowest BCUT2D eigenvalue weighted by atomic mass is 10.1. The van der Waals surface area contributed by atoms with E-state index in [0.29, 0.717) is 36.9 Å². The van der Waals surface area contributed by atoms with Crippen LogP contribution in [0.4, 0.5) is 0 Å². The van der Waals surface area contributed by atoms with Gasteiger partial charge in [0.1, 0.15) is 6.04 Å². The van der Waals surface area contributed by atoms with Crippen LogP contribution in [-0.4, -0.2) is 43.5 Å². The predicted molar refractivity (Wildman–Crippen MR) is 130 cm³/mol. The molecule has 0 unspecified atom stereocenters. The SMILES string of the molecule is COc1ccc(CCC(=O)N(Cc2cccc(Br)c2)[C@@H](C)C(=O)NCC(C)C)cc1OC. The summed E-state index contributed by atoms with van der Waals surface area (Å²) in [7, 11) is 3.18. The van der Waals surface area contributed by atoms with E-state index in [1.807, 2.05) is 56.3 Å². The number of nitrogens with zero attached hydrogens (tertiary/aromatic N) is 1. The van der Waals surface area contributed by atoms with Crippen LogP contribution in [0.25, 0.3) is 0 Å². The molecule has 2 amide bonds. The zero-order valence-electron chi connectivity index (χ0n) is 19.5. The molecular formula is C25H33BrN2O4. The third kappa shape index (κ3) is 7.55. The van der Waals surface area contributed by atoms with E-state index in [1.54, 1.807) is 26.0 Å². The van der Waals surface area contributed by atoms with E-state index < -0.39 is 6.04 Å². The van der Waals surface area contributed by atoms with E-state index >= 15 is 0 Å². The summed E-state index contributed by atoms with van der Waals surface area (Å²) in [6.07, 6.45) is 0.819. The number of halogens is 1. The summed E-state index contributed by atoms with van der Waals surface area (Å²) >= 11 is 3.48.